The van der Waals surface area contributed by atoms with Gasteiger partial charge in [0.15, 0.2) is 0 Å². The molecule has 37 heavy (non-hydrogen) atoms. The molecule has 4 aliphatic rings. The van der Waals surface area contributed by atoms with Gasteiger partial charge in [-0.05, 0) is 85.3 Å². The van der Waals surface area contributed by atoms with Crippen LogP contribution in [0.15, 0.2) is 72.8 Å². The molecule has 6 rings (SSSR count). The Hall–Kier alpha value is -2.88. The first-order chi connectivity index (χ1) is 17.9. The minimum Gasteiger partial charge on any atom is -0.349 e. The Morgan fingerprint density at radius 1 is 0.946 bits per heavy atom. The fraction of sp³-hybridized carbons (Fsp3) is 0.515. The summed E-state index contributed by atoms with van der Waals surface area (Å²) in [5, 5.41) is 6.77. The van der Waals surface area contributed by atoms with Gasteiger partial charge >= 0.3 is 0 Å². The Morgan fingerprint density at radius 2 is 1.68 bits per heavy atom. The lowest BCUT2D eigenvalue weighted by molar-refractivity contribution is -0.134. The van der Waals surface area contributed by atoms with Gasteiger partial charge in [-0.3, -0.25) is 9.59 Å². The monoisotopic (exact) mass is 496 g/mol. The number of carbonyl (C=O) groups excluding carboxylic acids is 2. The minimum atomic E-state index is -0.0274. The molecule has 8 atom stereocenters. The smallest absolute Gasteiger partial charge is 0.243 e. The van der Waals surface area contributed by atoms with Crippen LogP contribution >= 0.6 is 0 Å². The van der Waals surface area contributed by atoms with Crippen molar-refractivity contribution in [2.24, 2.45) is 34.5 Å². The quantitative estimate of drug-likeness (QED) is 0.533. The van der Waals surface area contributed by atoms with Gasteiger partial charge in [-0.2, -0.15) is 0 Å². The Bertz CT molecular complexity index is 1180. The molecule has 2 amide bonds. The normalized spacial score (nSPS) is 37.0. The zero-order chi connectivity index (χ0) is 25.6. The van der Waals surface area contributed by atoms with E-state index in [-0.39, 0.29) is 40.6 Å². The van der Waals surface area contributed by atoms with Gasteiger partial charge in [0.2, 0.25) is 11.8 Å². The van der Waals surface area contributed by atoms with Crippen molar-refractivity contribution >= 4 is 11.8 Å². The Morgan fingerprint density at radius 3 is 2.43 bits per heavy atom. The van der Waals surface area contributed by atoms with Crippen molar-refractivity contribution in [3.05, 3.63) is 83.9 Å². The summed E-state index contributed by atoms with van der Waals surface area (Å²) in [6.45, 7) is 4.77. The predicted molar refractivity (Wildman–Crippen MR) is 146 cm³/mol. The molecule has 3 aliphatic carbocycles. The lowest BCUT2D eigenvalue weighted by atomic mass is 9.48. The minimum absolute atomic E-state index is 0.0274. The van der Waals surface area contributed by atoms with Crippen LogP contribution in [0.2, 0.25) is 0 Å². The molecule has 3 saturated carbocycles. The van der Waals surface area contributed by atoms with Crippen molar-refractivity contribution in [2.75, 3.05) is 0 Å². The molecular formula is C33H40N2O2. The van der Waals surface area contributed by atoms with Gasteiger partial charge in [0, 0.05) is 17.4 Å². The Balaban J connectivity index is 1.22. The molecule has 4 nitrogen and oxygen atoms in total. The fourth-order valence-electron chi connectivity index (χ4n) is 8.82. The third-order valence-corrected chi connectivity index (χ3v) is 10.8. The highest BCUT2D eigenvalue weighted by Gasteiger charge is 2.60. The summed E-state index contributed by atoms with van der Waals surface area (Å²) in [4.78, 5) is 26.0. The van der Waals surface area contributed by atoms with E-state index in [0.717, 1.165) is 44.9 Å². The van der Waals surface area contributed by atoms with Crippen LogP contribution in [0.5, 0.6) is 0 Å². The predicted octanol–water partition coefficient (Wildman–Crippen LogP) is 6.00. The molecule has 2 aromatic rings. The lowest BCUT2D eigenvalue weighted by Crippen LogP contribution is -2.59. The van der Waals surface area contributed by atoms with Crippen molar-refractivity contribution < 1.29 is 9.59 Å². The SMILES string of the molecule is C[C@]12C=CC(=O)NC1CC[C@@H]1[C@H]2CC[C@]2(C)C(C(=O)N[C@H](Cc3ccccc3)c3ccccc3)CC[C@@H]12. The van der Waals surface area contributed by atoms with Crippen molar-refractivity contribution in [1.82, 2.24) is 10.6 Å². The zero-order valence-corrected chi connectivity index (χ0v) is 22.2. The van der Waals surface area contributed by atoms with Crippen LogP contribution in [0, 0.1) is 34.5 Å². The molecule has 4 heteroatoms. The van der Waals surface area contributed by atoms with Crippen LogP contribution in [0.1, 0.15) is 69.5 Å². The second kappa shape index (κ2) is 9.45. The van der Waals surface area contributed by atoms with Gasteiger partial charge in [-0.1, -0.05) is 80.6 Å². The number of hydrogen-bond acceptors (Lipinski definition) is 2. The molecule has 2 unspecified atom stereocenters. The standard InChI is InChI=1S/C33H40N2O2/c1-32-19-17-26-24(13-16-29-33(26,2)20-18-30(36)35-29)25(32)14-15-27(32)31(37)34-28(23-11-7-4-8-12-23)21-22-9-5-3-6-10-22/h3-12,18,20,24-29H,13-17,19,21H2,1-2H3,(H,34,37)(H,35,36)/t24-,25-,26+,27?,28+,29?,32-,33+/m0/s1. The van der Waals surface area contributed by atoms with Crippen molar-refractivity contribution in [3.63, 3.8) is 0 Å². The van der Waals surface area contributed by atoms with Crippen LogP contribution in [-0.4, -0.2) is 17.9 Å². The van der Waals surface area contributed by atoms with Gasteiger partial charge in [-0.25, -0.2) is 0 Å². The molecule has 0 radical (unpaired) electrons. The maximum Gasteiger partial charge on any atom is 0.243 e. The van der Waals surface area contributed by atoms with E-state index in [1.807, 2.05) is 12.1 Å². The van der Waals surface area contributed by atoms with Crippen LogP contribution < -0.4 is 10.6 Å². The summed E-state index contributed by atoms with van der Waals surface area (Å²) in [7, 11) is 0. The molecule has 2 aromatic carbocycles. The second-order valence-electron chi connectivity index (χ2n) is 12.6. The summed E-state index contributed by atoms with van der Waals surface area (Å²) in [5.74, 6) is 2.15. The van der Waals surface area contributed by atoms with E-state index in [0.29, 0.717) is 17.8 Å². The van der Waals surface area contributed by atoms with Gasteiger partial charge in [0.05, 0.1) is 6.04 Å². The van der Waals surface area contributed by atoms with Crippen LogP contribution in [0.3, 0.4) is 0 Å². The van der Waals surface area contributed by atoms with Crippen molar-refractivity contribution in [2.45, 2.75) is 70.9 Å². The number of hydrogen-bond donors (Lipinski definition) is 2. The summed E-state index contributed by atoms with van der Waals surface area (Å²) in [5.41, 5.74) is 2.49. The first kappa shape index (κ1) is 24.5. The molecule has 3 fully saturated rings. The summed E-state index contributed by atoms with van der Waals surface area (Å²) >= 11 is 0. The summed E-state index contributed by atoms with van der Waals surface area (Å²) in [6, 6.07) is 21.1. The lowest BCUT2D eigenvalue weighted by Gasteiger charge is -2.58. The molecule has 0 saturated heterocycles. The largest absolute Gasteiger partial charge is 0.349 e. The van der Waals surface area contributed by atoms with E-state index in [1.54, 1.807) is 6.08 Å². The first-order valence-electron chi connectivity index (χ1n) is 14.3. The number of rotatable bonds is 5. The molecule has 1 heterocycles. The molecule has 1 aliphatic heterocycles. The summed E-state index contributed by atoms with van der Waals surface area (Å²) in [6.07, 6.45) is 11.3. The van der Waals surface area contributed by atoms with Gasteiger partial charge in [0.1, 0.15) is 0 Å². The van der Waals surface area contributed by atoms with Crippen LogP contribution in [-0.2, 0) is 16.0 Å². The molecule has 0 bridgehead atoms. The molecule has 194 valence electrons. The highest BCUT2D eigenvalue weighted by atomic mass is 16.2. The number of amides is 2. The first-order valence-corrected chi connectivity index (χ1v) is 14.3. The van der Waals surface area contributed by atoms with E-state index >= 15 is 0 Å². The van der Waals surface area contributed by atoms with E-state index in [2.05, 4.69) is 79.1 Å². The summed E-state index contributed by atoms with van der Waals surface area (Å²) < 4.78 is 0. The van der Waals surface area contributed by atoms with Crippen molar-refractivity contribution in [1.29, 1.82) is 0 Å². The Kier molecular flexibility index (Phi) is 6.25. The van der Waals surface area contributed by atoms with E-state index in [4.69, 9.17) is 0 Å². The van der Waals surface area contributed by atoms with Crippen LogP contribution in [0.4, 0.5) is 0 Å². The van der Waals surface area contributed by atoms with E-state index in [1.165, 1.54) is 11.1 Å². The maximum atomic E-state index is 14.0. The topological polar surface area (TPSA) is 58.2 Å². The number of benzene rings is 2. The Labute approximate surface area is 221 Å². The highest BCUT2D eigenvalue weighted by molar-refractivity contribution is 5.89. The average Bonchev–Trinajstić information content (AvgIpc) is 3.27. The maximum absolute atomic E-state index is 14.0. The number of fused-ring (bicyclic) bond motifs is 5. The van der Waals surface area contributed by atoms with Gasteiger partial charge < -0.3 is 10.6 Å². The van der Waals surface area contributed by atoms with Crippen LogP contribution in [0.25, 0.3) is 0 Å². The molecule has 2 N–H and O–H groups in total. The average molecular weight is 497 g/mol. The molecular weight excluding hydrogens is 456 g/mol. The van der Waals surface area contributed by atoms with Gasteiger partial charge in [-0.15, -0.1) is 0 Å². The number of carbonyl (C=O) groups is 2. The zero-order valence-electron chi connectivity index (χ0n) is 22.2. The molecule has 0 aromatic heterocycles. The number of nitrogens with one attached hydrogen (secondary N) is 2. The van der Waals surface area contributed by atoms with Gasteiger partial charge in [0.25, 0.3) is 0 Å². The highest BCUT2D eigenvalue weighted by Crippen LogP contribution is 2.65. The van der Waals surface area contributed by atoms with E-state index < -0.39 is 0 Å². The van der Waals surface area contributed by atoms with E-state index in [9.17, 15) is 9.59 Å². The van der Waals surface area contributed by atoms with Crippen molar-refractivity contribution in [3.8, 4) is 0 Å². The third kappa shape index (κ3) is 4.23. The molecule has 0 spiro atoms. The second-order valence-corrected chi connectivity index (χ2v) is 12.6. The third-order valence-electron chi connectivity index (χ3n) is 10.8. The fourth-order valence-corrected chi connectivity index (χ4v) is 8.82.